The molecule has 0 atom stereocenters. The standard InChI is InChI=1S/C19H15BrN2O/c1-2-12-3-6-15(7-4-12)22-11-18-16(19(22)23)10-13-9-14(20)5-8-17(13)21-18/h3-10H,2,11H2,1H3. The Morgan fingerprint density at radius 3 is 2.65 bits per heavy atom. The van der Waals surface area contributed by atoms with Gasteiger partial charge in [-0.15, -0.1) is 0 Å². The van der Waals surface area contributed by atoms with E-state index in [0.717, 1.165) is 33.2 Å². The summed E-state index contributed by atoms with van der Waals surface area (Å²) in [6.07, 6.45) is 0.996. The summed E-state index contributed by atoms with van der Waals surface area (Å²) in [7, 11) is 0. The van der Waals surface area contributed by atoms with Crippen LogP contribution in [0.15, 0.2) is 53.0 Å². The van der Waals surface area contributed by atoms with Crippen LogP contribution in [0.4, 0.5) is 5.69 Å². The molecule has 2 aromatic carbocycles. The summed E-state index contributed by atoms with van der Waals surface area (Å²) < 4.78 is 0.990. The molecule has 0 aliphatic carbocycles. The van der Waals surface area contributed by atoms with Crippen molar-refractivity contribution in [2.75, 3.05) is 4.90 Å². The van der Waals surface area contributed by atoms with Crippen LogP contribution < -0.4 is 4.90 Å². The number of carbonyl (C=O) groups is 1. The number of halogens is 1. The molecule has 0 radical (unpaired) electrons. The number of carbonyl (C=O) groups excluding carboxylic acids is 1. The number of amides is 1. The SMILES string of the molecule is CCc1ccc(N2Cc3nc4ccc(Br)cc4cc3C2=O)cc1. The summed E-state index contributed by atoms with van der Waals surface area (Å²) >= 11 is 3.47. The van der Waals surface area contributed by atoms with Crippen LogP contribution in [0, 0.1) is 0 Å². The summed E-state index contributed by atoms with van der Waals surface area (Å²) in [5, 5.41) is 0.981. The zero-order valence-corrected chi connectivity index (χ0v) is 14.3. The maximum absolute atomic E-state index is 12.8. The van der Waals surface area contributed by atoms with Gasteiger partial charge in [-0.25, -0.2) is 0 Å². The van der Waals surface area contributed by atoms with Crippen molar-refractivity contribution in [1.82, 2.24) is 4.98 Å². The van der Waals surface area contributed by atoms with E-state index >= 15 is 0 Å². The predicted molar refractivity (Wildman–Crippen MR) is 95.8 cm³/mol. The number of hydrogen-bond acceptors (Lipinski definition) is 2. The monoisotopic (exact) mass is 366 g/mol. The topological polar surface area (TPSA) is 33.2 Å². The molecule has 0 fully saturated rings. The smallest absolute Gasteiger partial charge is 0.260 e. The van der Waals surface area contributed by atoms with Crippen molar-refractivity contribution in [2.45, 2.75) is 19.9 Å². The molecule has 114 valence electrons. The second kappa shape index (κ2) is 5.46. The summed E-state index contributed by atoms with van der Waals surface area (Å²) in [6.45, 7) is 2.66. The molecule has 0 bridgehead atoms. The number of hydrogen-bond donors (Lipinski definition) is 0. The van der Waals surface area contributed by atoms with Crippen molar-refractivity contribution in [3.8, 4) is 0 Å². The number of aromatic nitrogens is 1. The van der Waals surface area contributed by atoms with Gasteiger partial charge in [0.25, 0.3) is 5.91 Å². The Bertz CT molecular complexity index is 919. The minimum absolute atomic E-state index is 0.0265. The Hall–Kier alpha value is -2.20. The molecule has 0 spiro atoms. The fourth-order valence-corrected chi connectivity index (χ4v) is 3.36. The predicted octanol–water partition coefficient (Wildman–Crippen LogP) is 4.72. The van der Waals surface area contributed by atoms with Gasteiger partial charge in [0, 0.05) is 15.5 Å². The Morgan fingerprint density at radius 1 is 1.13 bits per heavy atom. The van der Waals surface area contributed by atoms with Crippen LogP contribution in [-0.2, 0) is 13.0 Å². The Balaban J connectivity index is 1.75. The second-order valence-corrected chi connectivity index (χ2v) is 6.65. The zero-order valence-electron chi connectivity index (χ0n) is 12.7. The number of benzene rings is 2. The summed E-state index contributed by atoms with van der Waals surface area (Å²) in [6, 6.07) is 16.1. The number of aryl methyl sites for hydroxylation is 1. The first-order chi connectivity index (χ1) is 11.2. The van der Waals surface area contributed by atoms with Gasteiger partial charge in [0.1, 0.15) is 0 Å². The summed E-state index contributed by atoms with van der Waals surface area (Å²) in [5.41, 5.74) is 4.67. The minimum Gasteiger partial charge on any atom is -0.302 e. The Morgan fingerprint density at radius 2 is 1.91 bits per heavy atom. The summed E-state index contributed by atoms with van der Waals surface area (Å²) in [4.78, 5) is 19.2. The molecule has 3 nitrogen and oxygen atoms in total. The van der Waals surface area contributed by atoms with Crippen molar-refractivity contribution < 1.29 is 4.79 Å². The molecule has 4 heteroatoms. The normalized spacial score (nSPS) is 13.7. The first-order valence-electron chi connectivity index (χ1n) is 7.65. The molecule has 3 aromatic rings. The van der Waals surface area contributed by atoms with E-state index in [1.165, 1.54) is 5.56 Å². The van der Waals surface area contributed by atoms with Crippen LogP contribution in [0.5, 0.6) is 0 Å². The maximum Gasteiger partial charge on any atom is 0.260 e. The fraction of sp³-hybridized carbons (Fsp3) is 0.158. The highest BCUT2D eigenvalue weighted by Gasteiger charge is 2.30. The third-order valence-electron chi connectivity index (χ3n) is 4.30. The molecular weight excluding hydrogens is 352 g/mol. The van der Waals surface area contributed by atoms with Crippen LogP contribution in [0.25, 0.3) is 10.9 Å². The van der Waals surface area contributed by atoms with E-state index in [-0.39, 0.29) is 5.91 Å². The molecule has 0 saturated heterocycles. The first-order valence-corrected chi connectivity index (χ1v) is 8.45. The van der Waals surface area contributed by atoms with Gasteiger partial charge in [0.2, 0.25) is 0 Å². The van der Waals surface area contributed by atoms with Gasteiger partial charge in [-0.05, 0) is 48.4 Å². The van der Waals surface area contributed by atoms with Gasteiger partial charge >= 0.3 is 0 Å². The van der Waals surface area contributed by atoms with E-state index in [0.29, 0.717) is 12.1 Å². The highest BCUT2D eigenvalue weighted by molar-refractivity contribution is 9.10. The van der Waals surface area contributed by atoms with Crippen LogP contribution in [0.2, 0.25) is 0 Å². The van der Waals surface area contributed by atoms with E-state index in [2.05, 4.69) is 40.0 Å². The number of pyridine rings is 1. The van der Waals surface area contributed by atoms with E-state index in [1.807, 2.05) is 36.4 Å². The lowest BCUT2D eigenvalue weighted by Crippen LogP contribution is -2.22. The summed E-state index contributed by atoms with van der Waals surface area (Å²) in [5.74, 6) is 0.0265. The molecule has 23 heavy (non-hydrogen) atoms. The van der Waals surface area contributed by atoms with Crippen LogP contribution >= 0.6 is 15.9 Å². The van der Waals surface area contributed by atoms with Crippen molar-refractivity contribution >= 4 is 38.4 Å². The van der Waals surface area contributed by atoms with Crippen molar-refractivity contribution in [1.29, 1.82) is 0 Å². The van der Waals surface area contributed by atoms with Gasteiger partial charge in [-0.3, -0.25) is 9.78 Å². The third-order valence-corrected chi connectivity index (χ3v) is 4.79. The van der Waals surface area contributed by atoms with Crippen molar-refractivity contribution in [3.05, 3.63) is 69.8 Å². The van der Waals surface area contributed by atoms with E-state index in [9.17, 15) is 4.79 Å². The average molecular weight is 367 g/mol. The number of rotatable bonds is 2. The first kappa shape index (κ1) is 14.4. The quantitative estimate of drug-likeness (QED) is 0.657. The van der Waals surface area contributed by atoms with E-state index in [4.69, 9.17) is 0 Å². The van der Waals surface area contributed by atoms with Gasteiger partial charge in [0.15, 0.2) is 0 Å². The van der Waals surface area contributed by atoms with Gasteiger partial charge in [-0.2, -0.15) is 0 Å². The maximum atomic E-state index is 12.8. The molecule has 1 amide bonds. The highest BCUT2D eigenvalue weighted by Crippen LogP contribution is 2.30. The second-order valence-electron chi connectivity index (χ2n) is 5.73. The third kappa shape index (κ3) is 2.43. The van der Waals surface area contributed by atoms with Crippen LogP contribution in [0.1, 0.15) is 28.5 Å². The van der Waals surface area contributed by atoms with Crippen LogP contribution in [0.3, 0.4) is 0 Å². The number of nitrogens with zero attached hydrogens (tertiary/aromatic N) is 2. The molecule has 1 aliphatic heterocycles. The van der Waals surface area contributed by atoms with Gasteiger partial charge < -0.3 is 4.90 Å². The molecule has 1 aliphatic rings. The zero-order chi connectivity index (χ0) is 16.0. The molecule has 0 saturated carbocycles. The Kier molecular flexibility index (Phi) is 3.42. The lowest BCUT2D eigenvalue weighted by molar-refractivity contribution is 0.0996. The number of fused-ring (bicyclic) bond motifs is 2. The molecule has 2 heterocycles. The average Bonchev–Trinajstić information content (AvgIpc) is 2.89. The lowest BCUT2D eigenvalue weighted by atomic mass is 10.1. The molecule has 0 unspecified atom stereocenters. The fourth-order valence-electron chi connectivity index (χ4n) is 2.98. The van der Waals surface area contributed by atoms with Gasteiger partial charge in [-0.1, -0.05) is 35.0 Å². The van der Waals surface area contributed by atoms with Crippen molar-refractivity contribution in [3.63, 3.8) is 0 Å². The molecular formula is C19H15BrN2O. The van der Waals surface area contributed by atoms with E-state index in [1.54, 1.807) is 4.90 Å². The molecule has 0 N–H and O–H groups in total. The largest absolute Gasteiger partial charge is 0.302 e. The lowest BCUT2D eigenvalue weighted by Gasteiger charge is -2.15. The Labute approximate surface area is 143 Å². The number of anilines is 1. The van der Waals surface area contributed by atoms with E-state index < -0.39 is 0 Å². The van der Waals surface area contributed by atoms with Crippen LogP contribution in [-0.4, -0.2) is 10.9 Å². The molecule has 4 rings (SSSR count). The van der Waals surface area contributed by atoms with Gasteiger partial charge in [0.05, 0.1) is 23.3 Å². The highest BCUT2D eigenvalue weighted by atomic mass is 79.9. The minimum atomic E-state index is 0.0265. The van der Waals surface area contributed by atoms with Crippen molar-refractivity contribution in [2.24, 2.45) is 0 Å². The molecule has 1 aromatic heterocycles.